The van der Waals surface area contributed by atoms with Gasteiger partial charge >= 0.3 is 0 Å². The lowest BCUT2D eigenvalue weighted by atomic mass is 10.0. The molecule has 1 atom stereocenters. The summed E-state index contributed by atoms with van der Waals surface area (Å²) in [4.78, 5) is 2.13. The summed E-state index contributed by atoms with van der Waals surface area (Å²) in [6.45, 7) is 0.660. The molecule has 0 aliphatic carbocycles. The van der Waals surface area contributed by atoms with Crippen LogP contribution in [0.5, 0.6) is 5.75 Å². The lowest BCUT2D eigenvalue weighted by molar-refractivity contribution is 0.288. The molecule has 0 amide bonds. The van der Waals surface area contributed by atoms with Crippen LogP contribution in [0.15, 0.2) is 48.5 Å². The van der Waals surface area contributed by atoms with Crippen LogP contribution in [0, 0.1) is 0 Å². The molecule has 0 aliphatic heterocycles. The van der Waals surface area contributed by atoms with E-state index in [4.69, 9.17) is 28.6 Å². The van der Waals surface area contributed by atoms with Gasteiger partial charge in [0.1, 0.15) is 5.75 Å². The largest absolute Gasteiger partial charge is 0.496 e. The summed E-state index contributed by atoms with van der Waals surface area (Å²) in [5.41, 5.74) is 2.02. The first-order chi connectivity index (χ1) is 11.5. The zero-order chi connectivity index (χ0) is 17.5. The van der Waals surface area contributed by atoms with Crippen molar-refractivity contribution in [1.82, 2.24) is 10.2 Å². The minimum absolute atomic E-state index is 0.131. The molecule has 24 heavy (non-hydrogen) atoms. The highest BCUT2D eigenvalue weighted by atomic mass is 35.5. The number of rotatable bonds is 6. The second-order valence-corrected chi connectivity index (χ2v) is 6.41. The number of hydrogen-bond donors (Lipinski definition) is 2. The van der Waals surface area contributed by atoms with Gasteiger partial charge < -0.3 is 20.3 Å². The Morgan fingerprint density at radius 3 is 2.46 bits per heavy atom. The molecule has 0 saturated heterocycles. The van der Waals surface area contributed by atoms with Crippen molar-refractivity contribution in [1.29, 1.82) is 0 Å². The molecule has 128 valence electrons. The van der Waals surface area contributed by atoms with E-state index in [1.165, 1.54) is 0 Å². The number of nitrogens with one attached hydrogen (secondary N) is 2. The van der Waals surface area contributed by atoms with Gasteiger partial charge in [-0.3, -0.25) is 0 Å². The molecule has 0 bridgehead atoms. The highest BCUT2D eigenvalue weighted by molar-refractivity contribution is 7.80. The van der Waals surface area contributed by atoms with Crippen molar-refractivity contribution in [2.45, 2.75) is 6.04 Å². The van der Waals surface area contributed by atoms with Crippen LogP contribution >= 0.6 is 23.8 Å². The highest BCUT2D eigenvalue weighted by Crippen LogP contribution is 2.27. The van der Waals surface area contributed by atoms with E-state index in [1.807, 2.05) is 56.6 Å². The van der Waals surface area contributed by atoms with Crippen LogP contribution in [-0.4, -0.2) is 37.8 Å². The Labute approximate surface area is 153 Å². The van der Waals surface area contributed by atoms with E-state index >= 15 is 0 Å². The Bertz CT molecular complexity index is 676. The summed E-state index contributed by atoms with van der Waals surface area (Å²) in [5, 5.41) is 7.69. The number of ether oxygens (including phenoxy) is 1. The Morgan fingerprint density at radius 2 is 1.83 bits per heavy atom. The van der Waals surface area contributed by atoms with Crippen molar-refractivity contribution in [3.05, 3.63) is 59.1 Å². The van der Waals surface area contributed by atoms with Gasteiger partial charge in [0.2, 0.25) is 0 Å². The number of benzene rings is 2. The van der Waals surface area contributed by atoms with E-state index < -0.39 is 0 Å². The third kappa shape index (κ3) is 5.09. The second kappa shape index (κ2) is 8.87. The van der Waals surface area contributed by atoms with Gasteiger partial charge in [0.25, 0.3) is 0 Å². The van der Waals surface area contributed by atoms with Crippen LogP contribution in [0.25, 0.3) is 0 Å². The summed E-state index contributed by atoms with van der Waals surface area (Å²) in [6.07, 6.45) is 0. The zero-order valence-electron chi connectivity index (χ0n) is 14.0. The van der Waals surface area contributed by atoms with Gasteiger partial charge in [0.05, 0.1) is 13.2 Å². The minimum atomic E-state index is 0.131. The average Bonchev–Trinajstić information content (AvgIpc) is 2.57. The molecule has 0 unspecified atom stereocenters. The molecule has 2 aromatic rings. The van der Waals surface area contributed by atoms with Crippen LogP contribution in [0.3, 0.4) is 0 Å². The maximum absolute atomic E-state index is 5.89. The molecule has 0 aromatic heterocycles. The highest BCUT2D eigenvalue weighted by Gasteiger charge is 2.18. The molecule has 2 N–H and O–H groups in total. The Hall–Kier alpha value is -1.82. The standard InChI is InChI=1S/C18H22ClN3OS/c1-22(2)16(15-6-4-5-7-17(15)23-3)12-20-18(24)21-14-10-8-13(19)9-11-14/h4-11,16H,12H2,1-3H3,(H2,20,21,24)/t16-/m0/s1. The van der Waals surface area contributed by atoms with Gasteiger partial charge in [-0.2, -0.15) is 0 Å². The molecule has 0 saturated carbocycles. The number of halogens is 1. The minimum Gasteiger partial charge on any atom is -0.496 e. The average molecular weight is 364 g/mol. The number of para-hydroxylation sites is 1. The van der Waals surface area contributed by atoms with Gasteiger partial charge in [0, 0.05) is 22.8 Å². The quantitative estimate of drug-likeness (QED) is 0.760. The number of thiocarbonyl (C=S) groups is 1. The van der Waals surface area contributed by atoms with E-state index in [9.17, 15) is 0 Å². The molecule has 2 aromatic carbocycles. The summed E-state index contributed by atoms with van der Waals surface area (Å²) < 4.78 is 5.47. The van der Waals surface area contributed by atoms with Crippen LogP contribution < -0.4 is 15.4 Å². The molecule has 2 rings (SSSR count). The van der Waals surface area contributed by atoms with Crippen LogP contribution in [0.1, 0.15) is 11.6 Å². The first-order valence-corrected chi connectivity index (χ1v) is 8.39. The summed E-state index contributed by atoms with van der Waals surface area (Å²) in [7, 11) is 5.76. The van der Waals surface area contributed by atoms with Crippen molar-refractivity contribution in [3.63, 3.8) is 0 Å². The maximum atomic E-state index is 5.89. The predicted molar refractivity (Wildman–Crippen MR) is 105 cm³/mol. The first kappa shape index (κ1) is 18.5. The van der Waals surface area contributed by atoms with Crippen LogP contribution in [0.4, 0.5) is 5.69 Å². The molecule has 6 heteroatoms. The smallest absolute Gasteiger partial charge is 0.170 e. The monoisotopic (exact) mass is 363 g/mol. The van der Waals surface area contributed by atoms with E-state index in [-0.39, 0.29) is 6.04 Å². The second-order valence-electron chi connectivity index (χ2n) is 5.56. The molecule has 4 nitrogen and oxygen atoms in total. The number of likely N-dealkylation sites (N-methyl/N-ethyl adjacent to an activating group) is 1. The van der Waals surface area contributed by atoms with Gasteiger partial charge in [-0.05, 0) is 56.6 Å². The van der Waals surface area contributed by atoms with E-state index in [1.54, 1.807) is 7.11 Å². The van der Waals surface area contributed by atoms with Crippen molar-refractivity contribution in [2.24, 2.45) is 0 Å². The molecule has 0 radical (unpaired) electrons. The van der Waals surface area contributed by atoms with Crippen molar-refractivity contribution >= 4 is 34.6 Å². The van der Waals surface area contributed by atoms with Crippen molar-refractivity contribution in [2.75, 3.05) is 33.1 Å². The van der Waals surface area contributed by atoms with Crippen molar-refractivity contribution in [3.8, 4) is 5.75 Å². The fourth-order valence-corrected chi connectivity index (χ4v) is 2.74. The summed E-state index contributed by atoms with van der Waals surface area (Å²) in [5.74, 6) is 0.870. The molecule has 0 heterocycles. The molecular formula is C18H22ClN3OS. The predicted octanol–water partition coefficient (Wildman–Crippen LogP) is 3.94. The fraction of sp³-hybridized carbons (Fsp3) is 0.278. The Morgan fingerprint density at radius 1 is 1.17 bits per heavy atom. The van der Waals surface area contributed by atoms with Crippen LogP contribution in [0.2, 0.25) is 5.02 Å². The van der Waals surface area contributed by atoms with E-state index in [0.717, 1.165) is 17.0 Å². The van der Waals surface area contributed by atoms with Crippen molar-refractivity contribution < 1.29 is 4.74 Å². The van der Waals surface area contributed by atoms with Gasteiger partial charge in [-0.15, -0.1) is 0 Å². The third-order valence-corrected chi connectivity index (χ3v) is 4.18. The number of methoxy groups -OCH3 is 1. The van der Waals surface area contributed by atoms with Gasteiger partial charge in [-0.25, -0.2) is 0 Å². The Kier molecular flexibility index (Phi) is 6.85. The molecular weight excluding hydrogens is 342 g/mol. The summed E-state index contributed by atoms with van der Waals surface area (Å²) >= 11 is 11.3. The molecule has 0 fully saturated rings. The fourth-order valence-electron chi connectivity index (χ4n) is 2.41. The maximum Gasteiger partial charge on any atom is 0.170 e. The van der Waals surface area contributed by atoms with Gasteiger partial charge in [0.15, 0.2) is 5.11 Å². The number of hydrogen-bond acceptors (Lipinski definition) is 3. The summed E-state index contributed by atoms with van der Waals surface area (Å²) in [6, 6.07) is 15.6. The number of anilines is 1. The topological polar surface area (TPSA) is 36.5 Å². The SMILES string of the molecule is COc1ccccc1[C@H](CNC(=S)Nc1ccc(Cl)cc1)N(C)C. The van der Waals surface area contributed by atoms with E-state index in [0.29, 0.717) is 16.7 Å². The lowest BCUT2D eigenvalue weighted by Gasteiger charge is -2.27. The Balaban J connectivity index is 2.01. The molecule has 0 spiro atoms. The zero-order valence-corrected chi connectivity index (χ0v) is 15.6. The number of nitrogens with zero attached hydrogens (tertiary/aromatic N) is 1. The van der Waals surface area contributed by atoms with Crippen LogP contribution in [-0.2, 0) is 0 Å². The van der Waals surface area contributed by atoms with E-state index in [2.05, 4.69) is 21.6 Å². The first-order valence-electron chi connectivity index (χ1n) is 7.61. The molecule has 0 aliphatic rings. The lowest BCUT2D eigenvalue weighted by Crippen LogP contribution is -2.36. The normalized spacial score (nSPS) is 11.9. The van der Waals surface area contributed by atoms with Gasteiger partial charge in [-0.1, -0.05) is 29.8 Å². The third-order valence-electron chi connectivity index (χ3n) is 3.68.